The van der Waals surface area contributed by atoms with Gasteiger partial charge in [0.05, 0.1) is 18.9 Å². The second kappa shape index (κ2) is 10.8. The van der Waals surface area contributed by atoms with Crippen LogP contribution in [0.5, 0.6) is 0 Å². The summed E-state index contributed by atoms with van der Waals surface area (Å²) in [6.07, 6.45) is 21.2. The van der Waals surface area contributed by atoms with Crippen molar-refractivity contribution in [2.75, 3.05) is 45.8 Å². The molecule has 7 nitrogen and oxygen atoms in total. The highest BCUT2D eigenvalue weighted by Gasteiger charge is 2.59. The van der Waals surface area contributed by atoms with Crippen LogP contribution in [0.1, 0.15) is 45.3 Å². The van der Waals surface area contributed by atoms with Gasteiger partial charge in [-0.05, 0) is 63.4 Å². The minimum atomic E-state index is -0.0858. The van der Waals surface area contributed by atoms with E-state index in [1.165, 1.54) is 0 Å². The third kappa shape index (κ3) is 5.25. The fourth-order valence-corrected chi connectivity index (χ4v) is 5.69. The monoisotopic (exact) mass is 506 g/mol. The Morgan fingerprint density at radius 1 is 1.11 bits per heavy atom. The molecule has 0 amide bonds. The van der Waals surface area contributed by atoms with Gasteiger partial charge in [-0.2, -0.15) is 0 Å². The topological polar surface area (TPSA) is 77.5 Å². The number of aromatic nitrogens is 2. The van der Waals surface area contributed by atoms with Crippen molar-refractivity contribution < 1.29 is 15.6 Å². The van der Waals surface area contributed by atoms with Crippen molar-refractivity contribution in [3.05, 3.63) is 77.2 Å². The zero-order chi connectivity index (χ0) is 25.9. The first-order valence-corrected chi connectivity index (χ1v) is 13.5. The summed E-state index contributed by atoms with van der Waals surface area (Å²) in [5.74, 6) is 3.56. The van der Waals surface area contributed by atoms with E-state index < -0.39 is 0 Å². The number of rotatable bonds is 14. The summed E-state index contributed by atoms with van der Waals surface area (Å²) in [5, 5.41) is 6.66. The van der Waals surface area contributed by atoms with Gasteiger partial charge in [0.15, 0.2) is 0 Å². The fourth-order valence-electron chi connectivity index (χ4n) is 5.69. The molecule has 0 aliphatic heterocycles. The summed E-state index contributed by atoms with van der Waals surface area (Å²) in [7, 11) is 3.65. The first-order valence-electron chi connectivity index (χ1n) is 13.5. The molecular weight excluding hydrogens is 464 g/mol. The molecule has 1 aromatic rings. The molecule has 1 heterocycles. The summed E-state index contributed by atoms with van der Waals surface area (Å²) in [6, 6.07) is 0. The van der Waals surface area contributed by atoms with Crippen LogP contribution in [0.3, 0.4) is 0 Å². The lowest BCUT2D eigenvalue weighted by molar-refractivity contribution is 0.0931. The molecule has 2 fully saturated rings. The Morgan fingerprint density at radius 2 is 2.00 bits per heavy atom. The Kier molecular flexibility index (Phi) is 7.54. The third-order valence-electron chi connectivity index (χ3n) is 8.08. The van der Waals surface area contributed by atoms with Gasteiger partial charge in [0.25, 0.3) is 0 Å². The number of unbranched alkanes of at least 4 members (excludes halogenated alkanes) is 1. The zero-order valence-electron chi connectivity index (χ0n) is 22.5. The molecule has 4 aliphatic rings. The first kappa shape index (κ1) is 25.7. The molecule has 0 saturated heterocycles. The van der Waals surface area contributed by atoms with E-state index in [4.69, 9.17) is 19.2 Å². The highest BCUT2D eigenvalue weighted by Crippen LogP contribution is 2.63. The molecule has 0 radical (unpaired) electrons. The normalized spacial score (nSPS) is 29.1. The first-order chi connectivity index (χ1) is 18.0. The molecule has 0 bridgehead atoms. The van der Waals surface area contributed by atoms with E-state index in [-0.39, 0.29) is 12.3 Å². The summed E-state index contributed by atoms with van der Waals surface area (Å²) < 4.78 is 17.3. The van der Waals surface area contributed by atoms with Crippen molar-refractivity contribution in [1.82, 2.24) is 15.3 Å². The average molecular weight is 507 g/mol. The molecular formula is C30H42N4O3. The minimum absolute atomic E-state index is 0. The van der Waals surface area contributed by atoms with Gasteiger partial charge >= 0.3 is 0 Å². The Bertz CT molecular complexity index is 1160. The van der Waals surface area contributed by atoms with E-state index in [1.807, 2.05) is 13.2 Å². The minimum Gasteiger partial charge on any atom is -0.498 e. The summed E-state index contributed by atoms with van der Waals surface area (Å²) in [4.78, 5) is 9.68. The number of aryl methyl sites for hydroxylation is 1. The van der Waals surface area contributed by atoms with Crippen molar-refractivity contribution in [3.8, 4) is 0 Å². The summed E-state index contributed by atoms with van der Waals surface area (Å²) in [6.45, 7) is 7.20. The van der Waals surface area contributed by atoms with E-state index in [9.17, 15) is 0 Å². The van der Waals surface area contributed by atoms with Crippen molar-refractivity contribution in [2.24, 2.45) is 17.3 Å². The van der Waals surface area contributed by atoms with Gasteiger partial charge in [-0.1, -0.05) is 31.2 Å². The standard InChI is InChI=1S/C30H40N4O3.H2/c1-21-20-32-28(33-24-11-12-26(37-17-16-35-4)29(2)18-22(24)29)34-27(21)30-13-9-10-25(23(30)19-30)36-15-8-6-5-7-14-31-3;/h5,7,9-13,20,22-23,31H,6,8,14-19H2,1-4H3,(H,32,33,34);1H/b7-5+;. The number of anilines is 1. The second-order valence-electron chi connectivity index (χ2n) is 10.8. The predicted octanol–water partition coefficient (Wildman–Crippen LogP) is 5.20. The van der Waals surface area contributed by atoms with E-state index in [0.717, 1.165) is 67.3 Å². The molecule has 4 atom stereocenters. The van der Waals surface area contributed by atoms with Crippen LogP contribution in [0.4, 0.5) is 5.95 Å². The summed E-state index contributed by atoms with van der Waals surface area (Å²) in [5.41, 5.74) is 3.34. The SMILES string of the molecule is CNC/C=C/CCCOC1=CC=CC2(c3nc(NC4=CC=C(OCCOC)C5(C)CC45)ncc3C)CC12.[HH]. The lowest BCUT2D eigenvalue weighted by Gasteiger charge is -2.23. The van der Waals surface area contributed by atoms with Gasteiger partial charge in [-0.3, -0.25) is 0 Å². The maximum Gasteiger partial charge on any atom is 0.227 e. The van der Waals surface area contributed by atoms with Crippen molar-refractivity contribution in [1.29, 1.82) is 0 Å². The molecule has 5 rings (SSSR count). The number of nitrogens with zero attached hydrogens (tertiary/aromatic N) is 2. The Balaban J connectivity index is 0.00000336. The summed E-state index contributed by atoms with van der Waals surface area (Å²) >= 11 is 0. The maximum atomic E-state index is 6.22. The van der Waals surface area contributed by atoms with Gasteiger partial charge < -0.3 is 24.8 Å². The number of nitrogens with one attached hydrogen (secondary N) is 2. The molecule has 4 unspecified atom stereocenters. The van der Waals surface area contributed by atoms with Crippen LogP contribution in [-0.2, 0) is 19.6 Å². The van der Waals surface area contributed by atoms with Crippen LogP contribution >= 0.6 is 0 Å². The molecule has 4 aliphatic carbocycles. The second-order valence-corrected chi connectivity index (χ2v) is 10.8. The number of methoxy groups -OCH3 is 1. The molecule has 0 spiro atoms. The van der Waals surface area contributed by atoms with Gasteiger partial charge in [0.2, 0.25) is 5.95 Å². The number of fused-ring (bicyclic) bond motifs is 2. The molecule has 2 saturated carbocycles. The largest absolute Gasteiger partial charge is 0.498 e. The lowest BCUT2D eigenvalue weighted by atomic mass is 9.91. The average Bonchev–Trinajstić information content (AvgIpc) is 3.80. The van der Waals surface area contributed by atoms with Crippen molar-refractivity contribution >= 4 is 5.95 Å². The Morgan fingerprint density at radius 3 is 2.84 bits per heavy atom. The predicted molar refractivity (Wildman–Crippen MR) is 148 cm³/mol. The van der Waals surface area contributed by atoms with E-state index in [1.54, 1.807) is 7.11 Å². The zero-order valence-corrected chi connectivity index (χ0v) is 22.5. The highest BCUT2D eigenvalue weighted by atomic mass is 16.5. The number of allylic oxidation sites excluding steroid dienone is 9. The lowest BCUT2D eigenvalue weighted by Crippen LogP contribution is -2.19. The quantitative estimate of drug-likeness (QED) is 0.265. The fraction of sp³-hybridized carbons (Fsp3) is 0.533. The number of likely N-dealkylation sites (N-methyl/N-ethyl adjacent to an activating group) is 1. The highest BCUT2D eigenvalue weighted by molar-refractivity contribution is 5.51. The van der Waals surface area contributed by atoms with Gasteiger partial charge in [0, 0.05) is 49.6 Å². The van der Waals surface area contributed by atoms with Gasteiger partial charge in [-0.15, -0.1) is 0 Å². The molecule has 37 heavy (non-hydrogen) atoms. The van der Waals surface area contributed by atoms with E-state index >= 15 is 0 Å². The molecule has 1 aromatic heterocycles. The maximum absolute atomic E-state index is 6.22. The van der Waals surface area contributed by atoms with Crippen LogP contribution in [0.2, 0.25) is 0 Å². The Labute approximate surface area is 222 Å². The van der Waals surface area contributed by atoms with Crippen LogP contribution in [0, 0.1) is 24.2 Å². The smallest absolute Gasteiger partial charge is 0.227 e. The molecule has 7 heteroatoms. The third-order valence-corrected chi connectivity index (χ3v) is 8.08. The number of ether oxygens (including phenoxy) is 3. The number of hydrogen-bond acceptors (Lipinski definition) is 7. The van der Waals surface area contributed by atoms with E-state index in [0.29, 0.717) is 31.0 Å². The van der Waals surface area contributed by atoms with Gasteiger partial charge in [-0.25, -0.2) is 9.97 Å². The van der Waals surface area contributed by atoms with Crippen LogP contribution < -0.4 is 10.6 Å². The molecule has 200 valence electrons. The van der Waals surface area contributed by atoms with Crippen molar-refractivity contribution in [2.45, 2.75) is 44.9 Å². The van der Waals surface area contributed by atoms with Crippen LogP contribution in [0.15, 0.2) is 65.9 Å². The molecule has 0 aromatic carbocycles. The van der Waals surface area contributed by atoms with Crippen LogP contribution in [-0.4, -0.2) is 50.5 Å². The van der Waals surface area contributed by atoms with Crippen molar-refractivity contribution in [3.63, 3.8) is 0 Å². The van der Waals surface area contributed by atoms with E-state index in [2.05, 4.69) is 72.0 Å². The van der Waals surface area contributed by atoms with Crippen LogP contribution in [0.25, 0.3) is 0 Å². The molecule has 2 N–H and O–H groups in total. The Hall–Kier alpha value is -2.90. The number of hydrogen-bond donors (Lipinski definition) is 2. The van der Waals surface area contributed by atoms with Gasteiger partial charge in [0.1, 0.15) is 18.1 Å².